The van der Waals surface area contributed by atoms with E-state index >= 15 is 0 Å². The minimum atomic E-state index is -4.19. The van der Waals surface area contributed by atoms with Crippen molar-refractivity contribution in [2.45, 2.75) is 29.8 Å². The summed E-state index contributed by atoms with van der Waals surface area (Å²) in [4.78, 5) is 4.14. The summed E-state index contributed by atoms with van der Waals surface area (Å²) < 4.78 is 75.8. The fraction of sp³-hybridized carbons (Fsp3) is 0.471. The van der Waals surface area contributed by atoms with Crippen LogP contribution in [0.2, 0.25) is 0 Å². The first-order chi connectivity index (χ1) is 13.6. The number of sulfone groups is 2. The van der Waals surface area contributed by atoms with Crippen LogP contribution >= 0.6 is 0 Å². The predicted molar refractivity (Wildman–Crippen MR) is 108 cm³/mol. The molecule has 1 N–H and O–H groups in total. The minimum absolute atomic E-state index is 0.0304. The third kappa shape index (κ3) is 4.17. The molecule has 12 heteroatoms. The molecule has 2 aromatic rings. The summed E-state index contributed by atoms with van der Waals surface area (Å²) >= 11 is 0. The number of nitrogens with one attached hydrogen (secondary N) is 1. The van der Waals surface area contributed by atoms with Gasteiger partial charge in [-0.15, -0.1) is 4.41 Å². The van der Waals surface area contributed by atoms with Crippen molar-refractivity contribution in [3.05, 3.63) is 36.5 Å². The lowest BCUT2D eigenvalue weighted by Crippen LogP contribution is -2.54. The summed E-state index contributed by atoms with van der Waals surface area (Å²) in [6, 6.07) is 6.79. The van der Waals surface area contributed by atoms with Crippen LogP contribution in [-0.4, -0.2) is 69.7 Å². The van der Waals surface area contributed by atoms with Crippen molar-refractivity contribution in [1.29, 1.82) is 0 Å². The van der Waals surface area contributed by atoms with Gasteiger partial charge in [-0.3, -0.25) is 4.98 Å². The van der Waals surface area contributed by atoms with E-state index in [9.17, 15) is 25.3 Å². The second-order valence-corrected chi connectivity index (χ2v) is 13.7. The number of hydrogen-bond donors (Lipinski definition) is 1. The largest absolute Gasteiger partial charge is 0.258 e. The Morgan fingerprint density at radius 2 is 1.66 bits per heavy atom. The number of pyridine rings is 1. The Balaban J connectivity index is 1.77. The van der Waals surface area contributed by atoms with E-state index in [4.69, 9.17) is 0 Å². The van der Waals surface area contributed by atoms with E-state index in [0.717, 1.165) is 4.41 Å². The fourth-order valence-electron chi connectivity index (χ4n) is 3.80. The van der Waals surface area contributed by atoms with Gasteiger partial charge in [0.2, 0.25) is 0 Å². The summed E-state index contributed by atoms with van der Waals surface area (Å²) in [6.45, 7) is 0. The standard InChI is InChI=1S/C17H21N3O6S3/c21-27(22)9-6-14(11-27)19-20(15-7-10-28(23,24)12-15)29(25,26)16-5-1-3-13-4-2-8-18-17(13)16/h1-5,8,14-15,19H,6-7,9-12H2/t14-,15+/m0/s1. The normalized spacial score (nSPS) is 26.2. The number of fused-ring (bicyclic) bond motifs is 1. The zero-order valence-electron chi connectivity index (χ0n) is 15.4. The van der Waals surface area contributed by atoms with Crippen molar-refractivity contribution in [1.82, 2.24) is 14.8 Å². The predicted octanol–water partition coefficient (Wildman–Crippen LogP) is 0.104. The van der Waals surface area contributed by atoms with E-state index in [1.165, 1.54) is 12.3 Å². The Kier molecular flexibility index (Phi) is 5.18. The Bertz CT molecular complexity index is 1250. The number of aromatic nitrogens is 1. The van der Waals surface area contributed by atoms with Crippen LogP contribution in [0.3, 0.4) is 0 Å². The Hall–Kier alpha value is -1.60. The van der Waals surface area contributed by atoms with Crippen LogP contribution in [0.5, 0.6) is 0 Å². The van der Waals surface area contributed by atoms with Crippen molar-refractivity contribution in [2.75, 3.05) is 23.0 Å². The average molecular weight is 460 g/mol. The molecule has 4 rings (SSSR count). The Morgan fingerprint density at radius 3 is 2.31 bits per heavy atom. The van der Waals surface area contributed by atoms with E-state index in [2.05, 4.69) is 10.4 Å². The molecule has 0 aliphatic carbocycles. The molecular formula is C17H21N3O6S3. The fourth-order valence-corrected chi connectivity index (χ4v) is 8.99. The molecule has 0 radical (unpaired) electrons. The molecule has 2 atom stereocenters. The van der Waals surface area contributed by atoms with Gasteiger partial charge in [-0.25, -0.2) is 30.7 Å². The number of nitrogens with zero attached hydrogens (tertiary/aromatic N) is 2. The molecule has 2 saturated heterocycles. The third-order valence-corrected chi connectivity index (χ3v) is 10.5. The number of hydrogen-bond acceptors (Lipinski definition) is 8. The van der Waals surface area contributed by atoms with Gasteiger partial charge in [-0.05, 0) is 25.0 Å². The Morgan fingerprint density at radius 1 is 0.966 bits per heavy atom. The highest BCUT2D eigenvalue weighted by Crippen LogP contribution is 2.28. The van der Waals surface area contributed by atoms with Crippen molar-refractivity contribution >= 4 is 40.6 Å². The molecule has 1 aromatic carbocycles. The van der Waals surface area contributed by atoms with Crippen LogP contribution in [0, 0.1) is 0 Å². The molecule has 2 aliphatic heterocycles. The number of benzene rings is 1. The van der Waals surface area contributed by atoms with Gasteiger partial charge < -0.3 is 0 Å². The summed E-state index contributed by atoms with van der Waals surface area (Å²) in [5.41, 5.74) is 3.11. The molecule has 9 nitrogen and oxygen atoms in total. The summed E-state index contributed by atoms with van der Waals surface area (Å²) in [7, 11) is -10.8. The minimum Gasteiger partial charge on any atom is -0.255 e. The van der Waals surface area contributed by atoms with Gasteiger partial charge in [0.1, 0.15) is 4.90 Å². The summed E-state index contributed by atoms with van der Waals surface area (Å²) in [5, 5.41) is 0.635. The molecule has 0 bridgehead atoms. The van der Waals surface area contributed by atoms with Crippen LogP contribution < -0.4 is 5.43 Å². The highest BCUT2D eigenvalue weighted by Gasteiger charge is 2.42. The number of para-hydroxylation sites is 1. The molecule has 2 aliphatic rings. The van der Waals surface area contributed by atoms with Crippen molar-refractivity contribution in [2.24, 2.45) is 0 Å². The number of sulfonamides is 1. The lowest BCUT2D eigenvalue weighted by atomic mass is 10.2. The van der Waals surface area contributed by atoms with Gasteiger partial charge >= 0.3 is 0 Å². The second kappa shape index (κ2) is 7.27. The van der Waals surface area contributed by atoms with Gasteiger partial charge in [-0.2, -0.15) is 0 Å². The number of hydrazine groups is 1. The molecule has 29 heavy (non-hydrogen) atoms. The zero-order chi connectivity index (χ0) is 20.9. The quantitative estimate of drug-likeness (QED) is 0.623. The first-order valence-electron chi connectivity index (χ1n) is 9.13. The molecule has 0 amide bonds. The highest BCUT2D eigenvalue weighted by molar-refractivity contribution is 7.92. The van der Waals surface area contributed by atoms with Crippen molar-refractivity contribution in [3.63, 3.8) is 0 Å². The van der Waals surface area contributed by atoms with Gasteiger partial charge in [-0.1, -0.05) is 18.2 Å². The summed E-state index contributed by atoms with van der Waals surface area (Å²) in [6.07, 6.45) is 1.90. The van der Waals surface area contributed by atoms with E-state index in [0.29, 0.717) is 5.39 Å². The van der Waals surface area contributed by atoms with E-state index < -0.39 is 41.8 Å². The van der Waals surface area contributed by atoms with Crippen LogP contribution in [0.15, 0.2) is 41.4 Å². The second-order valence-electron chi connectivity index (χ2n) is 7.42. The van der Waals surface area contributed by atoms with Crippen LogP contribution in [-0.2, 0) is 29.7 Å². The molecule has 0 spiro atoms. The van der Waals surface area contributed by atoms with Gasteiger partial charge in [0.05, 0.1) is 34.6 Å². The molecule has 0 unspecified atom stereocenters. The van der Waals surface area contributed by atoms with Crippen LogP contribution in [0.25, 0.3) is 10.9 Å². The van der Waals surface area contributed by atoms with Gasteiger partial charge in [0.15, 0.2) is 19.7 Å². The molecule has 3 heterocycles. The number of rotatable bonds is 5. The zero-order valence-corrected chi connectivity index (χ0v) is 17.9. The topological polar surface area (TPSA) is 131 Å². The van der Waals surface area contributed by atoms with Crippen molar-refractivity contribution < 1.29 is 25.3 Å². The maximum Gasteiger partial charge on any atom is 0.258 e. The van der Waals surface area contributed by atoms with Crippen LogP contribution in [0.1, 0.15) is 12.8 Å². The monoisotopic (exact) mass is 459 g/mol. The van der Waals surface area contributed by atoms with E-state index in [-0.39, 0.29) is 46.3 Å². The lowest BCUT2D eigenvalue weighted by molar-refractivity contribution is 0.229. The first kappa shape index (κ1) is 20.7. The smallest absolute Gasteiger partial charge is 0.255 e. The molecule has 2 fully saturated rings. The van der Waals surface area contributed by atoms with Gasteiger partial charge in [0, 0.05) is 17.6 Å². The summed E-state index contributed by atoms with van der Waals surface area (Å²) in [5.74, 6) is -0.636. The van der Waals surface area contributed by atoms with Gasteiger partial charge in [0.25, 0.3) is 10.0 Å². The van der Waals surface area contributed by atoms with Crippen molar-refractivity contribution in [3.8, 4) is 0 Å². The van der Waals surface area contributed by atoms with E-state index in [1.54, 1.807) is 24.3 Å². The lowest BCUT2D eigenvalue weighted by Gasteiger charge is -2.30. The molecule has 158 valence electrons. The maximum atomic E-state index is 13.6. The SMILES string of the molecule is O=S1(=O)CC[C@H](NN([C@@H]2CCS(=O)(=O)C2)S(=O)(=O)c2cccc3cccnc23)C1. The third-order valence-electron chi connectivity index (χ3n) is 5.21. The average Bonchev–Trinajstić information content (AvgIpc) is 3.19. The Labute approximate surface area is 170 Å². The highest BCUT2D eigenvalue weighted by atomic mass is 32.2. The van der Waals surface area contributed by atoms with Crippen LogP contribution in [0.4, 0.5) is 0 Å². The molecule has 0 saturated carbocycles. The molecule has 1 aromatic heterocycles. The van der Waals surface area contributed by atoms with E-state index in [1.807, 2.05) is 0 Å². The molecular weight excluding hydrogens is 438 g/mol. The first-order valence-corrected chi connectivity index (χ1v) is 14.2. The maximum absolute atomic E-state index is 13.6.